The first kappa shape index (κ1) is 25.0. The summed E-state index contributed by atoms with van der Waals surface area (Å²) in [5, 5.41) is 0. The third-order valence-corrected chi connectivity index (χ3v) is 6.23. The molecule has 0 heterocycles. The lowest BCUT2D eigenvalue weighted by molar-refractivity contribution is -0.154. The molecule has 0 radical (unpaired) electrons. The normalized spacial score (nSPS) is 19.4. The second kappa shape index (κ2) is 11.8. The van der Waals surface area contributed by atoms with Crippen LogP contribution in [0.25, 0.3) is 0 Å². The van der Waals surface area contributed by atoms with Crippen molar-refractivity contribution in [1.82, 2.24) is 0 Å². The van der Waals surface area contributed by atoms with Crippen molar-refractivity contribution in [3.8, 4) is 0 Å². The molecule has 4 heteroatoms. The summed E-state index contributed by atoms with van der Waals surface area (Å²) in [6.07, 6.45) is 11.8. The SMILES string of the molecule is CCOC(=O)C(C)(C)CCCCCC1CC1CCCCC(C)(C)C(=O)OCC. The summed E-state index contributed by atoms with van der Waals surface area (Å²) in [7, 11) is 0. The van der Waals surface area contributed by atoms with Gasteiger partial charge in [-0.2, -0.15) is 0 Å². The van der Waals surface area contributed by atoms with E-state index in [9.17, 15) is 9.59 Å². The van der Waals surface area contributed by atoms with Crippen LogP contribution < -0.4 is 0 Å². The molecule has 2 unspecified atom stereocenters. The molecule has 1 saturated carbocycles. The molecule has 0 amide bonds. The lowest BCUT2D eigenvalue weighted by atomic mass is 9.86. The van der Waals surface area contributed by atoms with E-state index in [1.54, 1.807) is 0 Å². The van der Waals surface area contributed by atoms with Crippen LogP contribution in [-0.2, 0) is 19.1 Å². The molecule has 1 rings (SSSR count). The van der Waals surface area contributed by atoms with Crippen LogP contribution in [0.2, 0.25) is 0 Å². The van der Waals surface area contributed by atoms with E-state index in [1.165, 1.54) is 38.5 Å². The van der Waals surface area contributed by atoms with E-state index < -0.39 is 0 Å². The Balaban J connectivity index is 2.05. The summed E-state index contributed by atoms with van der Waals surface area (Å²) in [5.74, 6) is 1.69. The molecule has 1 aliphatic rings. The van der Waals surface area contributed by atoms with Gasteiger partial charge in [0.1, 0.15) is 0 Å². The highest BCUT2D eigenvalue weighted by Crippen LogP contribution is 2.46. The van der Waals surface area contributed by atoms with Gasteiger partial charge in [0.2, 0.25) is 0 Å². The maximum atomic E-state index is 11.9. The summed E-state index contributed by atoms with van der Waals surface area (Å²) in [4.78, 5) is 23.8. The van der Waals surface area contributed by atoms with Crippen LogP contribution in [0.5, 0.6) is 0 Å². The number of carbonyl (C=O) groups excluding carboxylic acids is 2. The standard InChI is InChI=1S/C24H44O4/c1-7-27-21(25)23(3,4)16-12-9-10-14-19-18-20(19)15-11-13-17-24(5,6)22(26)28-8-2/h19-20H,7-18H2,1-6H3. The fourth-order valence-corrected chi connectivity index (χ4v) is 4.00. The van der Waals surface area contributed by atoms with Crippen LogP contribution in [0.4, 0.5) is 0 Å². The van der Waals surface area contributed by atoms with Crippen molar-refractivity contribution in [3.63, 3.8) is 0 Å². The third-order valence-electron chi connectivity index (χ3n) is 6.23. The first-order chi connectivity index (χ1) is 13.1. The molecule has 0 bridgehead atoms. The largest absolute Gasteiger partial charge is 0.466 e. The average Bonchev–Trinajstić information content (AvgIpc) is 3.37. The van der Waals surface area contributed by atoms with Crippen molar-refractivity contribution in [2.45, 2.75) is 106 Å². The fourth-order valence-electron chi connectivity index (χ4n) is 4.00. The smallest absolute Gasteiger partial charge is 0.311 e. The molecular weight excluding hydrogens is 352 g/mol. The second-order valence-corrected chi connectivity index (χ2v) is 9.81. The number of esters is 2. The molecule has 0 saturated heterocycles. The summed E-state index contributed by atoms with van der Waals surface area (Å²) in [6, 6.07) is 0. The van der Waals surface area contributed by atoms with Crippen LogP contribution in [0.15, 0.2) is 0 Å². The molecule has 0 aliphatic heterocycles. The van der Waals surface area contributed by atoms with Gasteiger partial charge in [0.05, 0.1) is 24.0 Å². The summed E-state index contributed by atoms with van der Waals surface area (Å²) in [5.41, 5.74) is -0.703. The number of unbranched alkanes of at least 4 members (excludes halogenated alkanes) is 3. The highest BCUT2D eigenvalue weighted by molar-refractivity contribution is 5.76. The number of ether oxygens (including phenoxy) is 2. The van der Waals surface area contributed by atoms with E-state index in [0.29, 0.717) is 13.2 Å². The molecule has 4 nitrogen and oxygen atoms in total. The van der Waals surface area contributed by atoms with Crippen LogP contribution in [0, 0.1) is 22.7 Å². The second-order valence-electron chi connectivity index (χ2n) is 9.81. The molecule has 1 fully saturated rings. The molecule has 2 atom stereocenters. The predicted octanol–water partition coefficient (Wildman–Crippen LogP) is 6.31. The van der Waals surface area contributed by atoms with Crippen LogP contribution in [0.3, 0.4) is 0 Å². The Morgan fingerprint density at radius 3 is 1.54 bits per heavy atom. The van der Waals surface area contributed by atoms with Crippen molar-refractivity contribution >= 4 is 11.9 Å². The maximum absolute atomic E-state index is 11.9. The Morgan fingerprint density at radius 2 is 1.11 bits per heavy atom. The summed E-state index contributed by atoms with van der Waals surface area (Å²) in [6.45, 7) is 12.6. The molecule has 0 aromatic heterocycles. The summed E-state index contributed by atoms with van der Waals surface area (Å²) >= 11 is 0. The summed E-state index contributed by atoms with van der Waals surface area (Å²) < 4.78 is 10.3. The van der Waals surface area contributed by atoms with Gasteiger partial charge in [0, 0.05) is 0 Å². The predicted molar refractivity (Wildman–Crippen MR) is 114 cm³/mol. The van der Waals surface area contributed by atoms with Gasteiger partial charge in [-0.1, -0.05) is 44.9 Å². The minimum Gasteiger partial charge on any atom is -0.466 e. The molecule has 0 spiro atoms. The molecule has 164 valence electrons. The van der Waals surface area contributed by atoms with Crippen LogP contribution >= 0.6 is 0 Å². The first-order valence-corrected chi connectivity index (χ1v) is 11.5. The van der Waals surface area contributed by atoms with Gasteiger partial charge in [-0.25, -0.2) is 0 Å². The lowest BCUT2D eigenvalue weighted by Crippen LogP contribution is -2.26. The van der Waals surface area contributed by atoms with Gasteiger partial charge in [0.15, 0.2) is 0 Å². The van der Waals surface area contributed by atoms with Crippen molar-refractivity contribution in [3.05, 3.63) is 0 Å². The Kier molecular flexibility index (Phi) is 10.5. The molecule has 0 N–H and O–H groups in total. The Bertz CT molecular complexity index is 481. The maximum Gasteiger partial charge on any atom is 0.311 e. The van der Waals surface area contributed by atoms with E-state index in [2.05, 4.69) is 0 Å². The zero-order valence-electron chi connectivity index (χ0n) is 19.3. The average molecular weight is 397 g/mol. The van der Waals surface area contributed by atoms with Crippen molar-refractivity contribution in [2.75, 3.05) is 13.2 Å². The lowest BCUT2D eigenvalue weighted by Gasteiger charge is -2.22. The molecule has 0 aromatic rings. The minimum atomic E-state index is -0.352. The quantitative estimate of drug-likeness (QED) is 0.240. The van der Waals surface area contributed by atoms with Crippen molar-refractivity contribution < 1.29 is 19.1 Å². The van der Waals surface area contributed by atoms with Crippen molar-refractivity contribution in [1.29, 1.82) is 0 Å². The van der Waals surface area contributed by atoms with Crippen LogP contribution in [0.1, 0.15) is 106 Å². The van der Waals surface area contributed by atoms with Gasteiger partial charge in [0.25, 0.3) is 0 Å². The molecule has 0 aromatic carbocycles. The van der Waals surface area contributed by atoms with Crippen molar-refractivity contribution in [2.24, 2.45) is 22.7 Å². The topological polar surface area (TPSA) is 52.6 Å². The highest BCUT2D eigenvalue weighted by atomic mass is 16.5. The van der Waals surface area contributed by atoms with E-state index >= 15 is 0 Å². The third kappa shape index (κ3) is 8.96. The fraction of sp³-hybridized carbons (Fsp3) is 0.917. The zero-order chi connectivity index (χ0) is 21.2. The van der Waals surface area contributed by atoms with Gasteiger partial charge in [-0.05, 0) is 72.6 Å². The first-order valence-electron chi connectivity index (χ1n) is 11.5. The van der Waals surface area contributed by atoms with Gasteiger partial charge < -0.3 is 9.47 Å². The molecule has 1 aliphatic carbocycles. The number of hydrogen-bond acceptors (Lipinski definition) is 4. The minimum absolute atomic E-state index is 0.0644. The Hall–Kier alpha value is -1.06. The number of carbonyl (C=O) groups is 2. The molecular formula is C24H44O4. The Labute approximate surface area is 173 Å². The monoisotopic (exact) mass is 396 g/mol. The highest BCUT2D eigenvalue weighted by Gasteiger charge is 2.36. The zero-order valence-corrected chi connectivity index (χ0v) is 19.3. The van der Waals surface area contributed by atoms with E-state index in [0.717, 1.165) is 37.5 Å². The van der Waals surface area contributed by atoms with Gasteiger partial charge in [-0.3, -0.25) is 9.59 Å². The van der Waals surface area contributed by atoms with Gasteiger partial charge in [-0.15, -0.1) is 0 Å². The Morgan fingerprint density at radius 1 is 0.714 bits per heavy atom. The number of rotatable bonds is 15. The number of hydrogen-bond donors (Lipinski definition) is 0. The van der Waals surface area contributed by atoms with Crippen LogP contribution in [-0.4, -0.2) is 25.2 Å². The molecule has 28 heavy (non-hydrogen) atoms. The van der Waals surface area contributed by atoms with E-state index in [-0.39, 0.29) is 22.8 Å². The van der Waals surface area contributed by atoms with E-state index in [1.807, 2.05) is 41.5 Å². The van der Waals surface area contributed by atoms with Gasteiger partial charge >= 0.3 is 11.9 Å². The van der Waals surface area contributed by atoms with E-state index in [4.69, 9.17) is 9.47 Å².